The molecule has 8 nitrogen and oxygen atoms in total. The molecule has 0 aliphatic carbocycles. The zero-order valence-electron chi connectivity index (χ0n) is 15.2. The Bertz CT molecular complexity index is 680. The normalized spacial score (nSPS) is 14.9. The number of guanidine groups is 1. The van der Waals surface area contributed by atoms with Gasteiger partial charge in [0.15, 0.2) is 5.96 Å². The van der Waals surface area contributed by atoms with Gasteiger partial charge < -0.3 is 30.9 Å². The van der Waals surface area contributed by atoms with Crippen molar-refractivity contribution < 1.29 is 9.53 Å². The van der Waals surface area contributed by atoms with Crippen molar-refractivity contribution in [1.82, 2.24) is 4.90 Å². The Morgan fingerprint density at radius 2 is 2.08 bits per heavy atom. The highest BCUT2D eigenvalue weighted by Gasteiger charge is 2.30. The number of methoxy groups -OCH3 is 1. The van der Waals surface area contributed by atoms with Gasteiger partial charge in [-0.05, 0) is 26.2 Å². The maximum Gasteiger partial charge on any atom is 0.247 e. The Morgan fingerprint density at radius 3 is 2.60 bits per heavy atom. The van der Waals surface area contributed by atoms with Crippen LogP contribution in [0.3, 0.4) is 0 Å². The molecule has 1 aromatic carbocycles. The lowest BCUT2D eigenvalue weighted by atomic mass is 10.0. The largest absolute Gasteiger partial charge is 0.494 e. The molecule has 0 saturated carbocycles. The highest BCUT2D eigenvalue weighted by Crippen LogP contribution is 2.39. The molecular formula is C17H26N6O2. The minimum absolute atomic E-state index is 0.253. The highest BCUT2D eigenvalue weighted by atomic mass is 16.5. The lowest BCUT2D eigenvalue weighted by Crippen LogP contribution is -2.57. The van der Waals surface area contributed by atoms with Gasteiger partial charge in [-0.25, -0.2) is 0 Å². The van der Waals surface area contributed by atoms with E-state index in [9.17, 15) is 4.79 Å². The van der Waals surface area contributed by atoms with Crippen molar-refractivity contribution in [3.8, 4) is 5.75 Å². The second kappa shape index (κ2) is 7.89. The Balaban J connectivity index is 2.38. The number of carbonyl (C=O) groups excluding carboxylic acids is 1. The minimum atomic E-state index is -0.279. The van der Waals surface area contributed by atoms with E-state index in [0.29, 0.717) is 23.2 Å². The van der Waals surface area contributed by atoms with Gasteiger partial charge in [0, 0.05) is 32.2 Å². The molecular weight excluding hydrogens is 320 g/mol. The van der Waals surface area contributed by atoms with Crippen molar-refractivity contribution in [3.63, 3.8) is 0 Å². The third kappa shape index (κ3) is 4.21. The van der Waals surface area contributed by atoms with Crippen molar-refractivity contribution in [2.75, 3.05) is 56.9 Å². The number of benzene rings is 1. The number of aliphatic imine (C=N–C) groups is 1. The van der Waals surface area contributed by atoms with Crippen molar-refractivity contribution in [2.45, 2.75) is 6.04 Å². The molecule has 8 heteroatoms. The van der Waals surface area contributed by atoms with E-state index in [1.54, 1.807) is 20.2 Å². The van der Waals surface area contributed by atoms with Crippen LogP contribution in [0, 0.1) is 0 Å². The molecule has 1 saturated heterocycles. The average Bonchev–Trinajstić information content (AvgIpc) is 2.54. The summed E-state index contributed by atoms with van der Waals surface area (Å²) in [5.41, 5.74) is 7.93. The van der Waals surface area contributed by atoms with Gasteiger partial charge in [-0.15, -0.1) is 0 Å². The van der Waals surface area contributed by atoms with Crippen LogP contribution < -0.4 is 26.0 Å². The van der Waals surface area contributed by atoms with Crippen LogP contribution in [0.15, 0.2) is 29.8 Å². The van der Waals surface area contributed by atoms with Crippen LogP contribution in [0.2, 0.25) is 0 Å². The zero-order valence-corrected chi connectivity index (χ0v) is 15.2. The number of rotatable bonds is 6. The van der Waals surface area contributed by atoms with Crippen LogP contribution in [0.25, 0.3) is 0 Å². The molecule has 136 valence electrons. The van der Waals surface area contributed by atoms with E-state index < -0.39 is 0 Å². The van der Waals surface area contributed by atoms with Gasteiger partial charge >= 0.3 is 0 Å². The SMILES string of the molecule is C=CC(=O)Nc1cc(NC(N)=NC)c(OC)cc1N1CC(N(C)C)C1. The van der Waals surface area contributed by atoms with Crippen LogP contribution in [0.4, 0.5) is 17.1 Å². The summed E-state index contributed by atoms with van der Waals surface area (Å²) in [6.07, 6.45) is 1.24. The van der Waals surface area contributed by atoms with Crippen molar-refractivity contribution in [1.29, 1.82) is 0 Å². The summed E-state index contributed by atoms with van der Waals surface area (Å²) in [7, 11) is 7.29. The van der Waals surface area contributed by atoms with Gasteiger partial charge in [0.2, 0.25) is 5.91 Å². The lowest BCUT2D eigenvalue weighted by Gasteiger charge is -2.45. The average molecular weight is 346 g/mol. The summed E-state index contributed by atoms with van der Waals surface area (Å²) in [5.74, 6) is 0.592. The van der Waals surface area contributed by atoms with Crippen molar-refractivity contribution >= 4 is 28.9 Å². The summed E-state index contributed by atoms with van der Waals surface area (Å²) in [4.78, 5) is 20.1. The van der Waals surface area contributed by atoms with E-state index in [-0.39, 0.29) is 11.9 Å². The Morgan fingerprint density at radius 1 is 1.40 bits per heavy atom. The second-order valence-corrected chi connectivity index (χ2v) is 6.02. The standard InChI is InChI=1S/C17H26N6O2/c1-6-16(24)20-12-7-13(21-17(18)19-2)15(25-5)8-14(12)23-9-11(10-23)22(3)4/h6-8,11H,1,9-10H2,2-5H3,(H,20,24)(H3,18,19,21). The summed E-state index contributed by atoms with van der Waals surface area (Å²) in [6, 6.07) is 4.15. The predicted molar refractivity (Wildman–Crippen MR) is 103 cm³/mol. The van der Waals surface area contributed by atoms with E-state index in [1.807, 2.05) is 6.07 Å². The molecule has 2 rings (SSSR count). The van der Waals surface area contributed by atoms with E-state index >= 15 is 0 Å². The third-order valence-corrected chi connectivity index (χ3v) is 4.20. The van der Waals surface area contributed by atoms with Crippen LogP contribution in [0.1, 0.15) is 0 Å². The lowest BCUT2D eigenvalue weighted by molar-refractivity contribution is -0.111. The van der Waals surface area contributed by atoms with E-state index in [1.165, 1.54) is 6.08 Å². The molecule has 1 aromatic rings. The topological polar surface area (TPSA) is 95.2 Å². The minimum Gasteiger partial charge on any atom is -0.494 e. The molecule has 1 aliphatic heterocycles. The van der Waals surface area contributed by atoms with Crippen LogP contribution >= 0.6 is 0 Å². The fourth-order valence-electron chi connectivity index (χ4n) is 2.55. The maximum atomic E-state index is 11.8. The van der Waals surface area contributed by atoms with E-state index in [2.05, 4.69) is 46.1 Å². The fourth-order valence-corrected chi connectivity index (χ4v) is 2.55. The van der Waals surface area contributed by atoms with E-state index in [0.717, 1.165) is 18.8 Å². The molecule has 0 aromatic heterocycles. The molecule has 0 unspecified atom stereocenters. The number of carbonyl (C=O) groups is 1. The van der Waals surface area contributed by atoms with Gasteiger partial charge in [0.05, 0.1) is 24.2 Å². The Hall–Kier alpha value is -2.74. The maximum absolute atomic E-state index is 11.8. The molecule has 1 heterocycles. The molecule has 1 amide bonds. The number of likely N-dealkylation sites (N-methyl/N-ethyl adjacent to an activating group) is 1. The molecule has 1 fully saturated rings. The first-order valence-corrected chi connectivity index (χ1v) is 7.95. The predicted octanol–water partition coefficient (Wildman–Crippen LogP) is 0.926. The number of nitrogens with two attached hydrogens (primary N) is 1. The van der Waals surface area contributed by atoms with E-state index in [4.69, 9.17) is 10.5 Å². The summed E-state index contributed by atoms with van der Waals surface area (Å²) in [5, 5.41) is 5.82. The highest BCUT2D eigenvalue weighted by molar-refractivity contribution is 6.03. The fraction of sp³-hybridized carbons (Fsp3) is 0.412. The Labute approximate surface area is 148 Å². The van der Waals surface area contributed by atoms with Crippen molar-refractivity contribution in [2.24, 2.45) is 10.7 Å². The van der Waals surface area contributed by atoms with Crippen LogP contribution in [-0.4, -0.2) is 64.2 Å². The van der Waals surface area contributed by atoms with Crippen LogP contribution in [-0.2, 0) is 4.79 Å². The molecule has 0 atom stereocenters. The Kier molecular flexibility index (Phi) is 5.87. The second-order valence-electron chi connectivity index (χ2n) is 6.02. The number of nitrogens with zero attached hydrogens (tertiary/aromatic N) is 3. The number of anilines is 3. The molecule has 0 bridgehead atoms. The zero-order chi connectivity index (χ0) is 18.6. The number of hydrogen-bond donors (Lipinski definition) is 3. The molecule has 25 heavy (non-hydrogen) atoms. The van der Waals surface area contributed by atoms with Gasteiger partial charge in [0.25, 0.3) is 0 Å². The number of hydrogen-bond acceptors (Lipinski definition) is 5. The molecule has 1 aliphatic rings. The third-order valence-electron chi connectivity index (χ3n) is 4.20. The monoisotopic (exact) mass is 346 g/mol. The van der Waals surface area contributed by atoms with Crippen molar-refractivity contribution in [3.05, 3.63) is 24.8 Å². The number of ether oxygens (including phenoxy) is 1. The van der Waals surface area contributed by atoms with Gasteiger partial charge in [-0.3, -0.25) is 9.79 Å². The molecule has 0 radical (unpaired) electrons. The first-order chi connectivity index (χ1) is 11.9. The smallest absolute Gasteiger partial charge is 0.247 e. The number of amides is 1. The van der Waals surface area contributed by atoms with Gasteiger partial charge in [-0.2, -0.15) is 0 Å². The first-order valence-electron chi connectivity index (χ1n) is 7.95. The van der Waals surface area contributed by atoms with Gasteiger partial charge in [-0.1, -0.05) is 6.58 Å². The van der Waals surface area contributed by atoms with Crippen LogP contribution in [0.5, 0.6) is 5.75 Å². The van der Waals surface area contributed by atoms with Gasteiger partial charge in [0.1, 0.15) is 5.75 Å². The quantitative estimate of drug-likeness (QED) is 0.403. The number of nitrogens with one attached hydrogen (secondary N) is 2. The summed E-state index contributed by atoms with van der Waals surface area (Å²) < 4.78 is 5.47. The molecule has 0 spiro atoms. The first kappa shape index (κ1) is 18.6. The molecule has 4 N–H and O–H groups in total. The summed E-state index contributed by atoms with van der Waals surface area (Å²) in [6.45, 7) is 5.25. The summed E-state index contributed by atoms with van der Waals surface area (Å²) >= 11 is 0.